The van der Waals surface area contributed by atoms with E-state index >= 15 is 0 Å². The van der Waals surface area contributed by atoms with E-state index in [1.807, 2.05) is 0 Å². The number of benzene rings is 3. The third-order valence-electron chi connectivity index (χ3n) is 5.48. The van der Waals surface area contributed by atoms with Gasteiger partial charge in [-0.05, 0) is 0 Å². The molecule has 4 rings (SSSR count). The molecule has 3 aromatic rings. The molecule has 1 aliphatic carbocycles. The summed E-state index contributed by atoms with van der Waals surface area (Å²) in [5.74, 6) is 3.46. The molecular formula is C27H26OSn. The Bertz CT molecular complexity index is 888. The Morgan fingerprint density at radius 3 is 1.72 bits per heavy atom. The van der Waals surface area contributed by atoms with Crippen molar-refractivity contribution < 1.29 is 4.74 Å². The predicted molar refractivity (Wildman–Crippen MR) is 124 cm³/mol. The van der Waals surface area contributed by atoms with Crippen LogP contribution in [0.4, 0.5) is 0 Å². The summed E-state index contributed by atoms with van der Waals surface area (Å²) < 4.78 is 14.0. The molecule has 0 spiro atoms. The Kier molecular flexibility index (Phi) is 6.87. The van der Waals surface area contributed by atoms with Crippen LogP contribution in [0.15, 0.2) is 103 Å². The summed E-state index contributed by atoms with van der Waals surface area (Å²) in [6.07, 6.45) is 8.10. The number of hydrogen-bond acceptors (Lipinski definition) is 1. The van der Waals surface area contributed by atoms with Gasteiger partial charge in [-0.2, -0.15) is 0 Å². The first kappa shape index (κ1) is 20.0. The maximum atomic E-state index is 6.06. The molecule has 0 amide bonds. The Hall–Kier alpha value is -2.28. The molecule has 1 aliphatic rings. The van der Waals surface area contributed by atoms with Gasteiger partial charge in [-0.3, -0.25) is 0 Å². The number of hydrogen-bond donors (Lipinski definition) is 0. The molecule has 1 atom stereocenters. The third-order valence-corrected chi connectivity index (χ3v) is 17.3. The fourth-order valence-corrected chi connectivity index (χ4v) is 15.0. The second-order valence-electron chi connectivity index (χ2n) is 7.36. The number of rotatable bonds is 5. The van der Waals surface area contributed by atoms with Crippen LogP contribution in [0.1, 0.15) is 19.3 Å². The first-order chi connectivity index (χ1) is 14.4. The van der Waals surface area contributed by atoms with E-state index in [1.54, 1.807) is 0 Å². The minimum absolute atomic E-state index is 0.216. The quantitative estimate of drug-likeness (QED) is 0.304. The van der Waals surface area contributed by atoms with Gasteiger partial charge in [0.2, 0.25) is 0 Å². The van der Waals surface area contributed by atoms with Gasteiger partial charge in [0, 0.05) is 0 Å². The topological polar surface area (TPSA) is 9.23 Å². The van der Waals surface area contributed by atoms with Gasteiger partial charge in [-0.15, -0.1) is 0 Å². The van der Waals surface area contributed by atoms with Crippen LogP contribution in [0.3, 0.4) is 0 Å². The van der Waals surface area contributed by atoms with Gasteiger partial charge < -0.3 is 0 Å². The fourth-order valence-electron chi connectivity index (χ4n) is 4.02. The molecule has 144 valence electrons. The van der Waals surface area contributed by atoms with Crippen LogP contribution in [-0.4, -0.2) is 31.1 Å². The Labute approximate surface area is 178 Å². The molecule has 0 N–H and O–H groups in total. The molecule has 2 heteroatoms. The van der Waals surface area contributed by atoms with Crippen molar-refractivity contribution in [1.29, 1.82) is 0 Å². The fraction of sp³-hybridized carbons (Fsp3) is 0.185. The van der Waals surface area contributed by atoms with Crippen molar-refractivity contribution in [2.24, 2.45) is 0 Å². The number of ether oxygens (including phenoxy) is 1. The second kappa shape index (κ2) is 9.96. The Morgan fingerprint density at radius 2 is 1.28 bits per heavy atom. The predicted octanol–water partition coefficient (Wildman–Crippen LogP) is 3.82. The second-order valence-corrected chi connectivity index (χ2v) is 17.3. The Balaban J connectivity index is 1.77. The summed E-state index contributed by atoms with van der Waals surface area (Å²) in [6.45, 7) is 0.486. The molecule has 29 heavy (non-hydrogen) atoms. The van der Waals surface area contributed by atoms with Crippen molar-refractivity contribution in [3.05, 3.63) is 103 Å². The normalized spacial score (nSPS) is 16.1. The van der Waals surface area contributed by atoms with Crippen molar-refractivity contribution in [3.63, 3.8) is 0 Å². The molecule has 0 aromatic heterocycles. The molecule has 0 heterocycles. The van der Waals surface area contributed by atoms with E-state index in [-0.39, 0.29) is 6.10 Å². The van der Waals surface area contributed by atoms with Crippen molar-refractivity contribution in [1.82, 2.24) is 0 Å². The van der Waals surface area contributed by atoms with Crippen LogP contribution in [-0.2, 0) is 4.74 Å². The monoisotopic (exact) mass is 486 g/mol. The first-order valence-corrected chi connectivity index (χ1v) is 16.1. The van der Waals surface area contributed by atoms with Gasteiger partial charge in [0.1, 0.15) is 0 Å². The van der Waals surface area contributed by atoms with Crippen LogP contribution >= 0.6 is 0 Å². The molecule has 0 saturated heterocycles. The van der Waals surface area contributed by atoms with E-state index in [2.05, 4.69) is 113 Å². The summed E-state index contributed by atoms with van der Waals surface area (Å²) in [4.78, 5) is 0. The zero-order chi connectivity index (χ0) is 19.8. The van der Waals surface area contributed by atoms with E-state index in [1.165, 1.54) is 23.6 Å². The molecule has 0 bridgehead atoms. The van der Waals surface area contributed by atoms with Crippen LogP contribution < -0.4 is 10.7 Å². The number of allylic oxidation sites excluding steroid dienone is 1. The van der Waals surface area contributed by atoms with Gasteiger partial charge in [-0.25, -0.2) is 0 Å². The van der Waals surface area contributed by atoms with Crippen molar-refractivity contribution >= 4 is 29.1 Å². The van der Waals surface area contributed by atoms with Gasteiger partial charge in [0.15, 0.2) is 0 Å². The van der Waals surface area contributed by atoms with E-state index in [0.717, 1.165) is 6.42 Å². The van der Waals surface area contributed by atoms with E-state index < -0.39 is 18.4 Å². The van der Waals surface area contributed by atoms with E-state index in [9.17, 15) is 0 Å². The summed E-state index contributed by atoms with van der Waals surface area (Å²) >= 11 is -3.46. The molecule has 1 nitrogen and oxygen atoms in total. The van der Waals surface area contributed by atoms with Gasteiger partial charge in [0.25, 0.3) is 0 Å². The summed E-state index contributed by atoms with van der Waals surface area (Å²) in [7, 11) is 0. The molecular weight excluding hydrogens is 459 g/mol. The molecule has 0 saturated carbocycles. The van der Waals surface area contributed by atoms with Crippen LogP contribution in [0.5, 0.6) is 0 Å². The molecule has 0 aliphatic heterocycles. The average molecular weight is 485 g/mol. The summed E-state index contributed by atoms with van der Waals surface area (Å²) in [5.41, 5.74) is 0. The van der Waals surface area contributed by atoms with E-state index in [0.29, 0.717) is 6.61 Å². The van der Waals surface area contributed by atoms with Crippen LogP contribution in [0.25, 0.3) is 0 Å². The Morgan fingerprint density at radius 1 is 0.759 bits per heavy atom. The van der Waals surface area contributed by atoms with Gasteiger partial charge in [0.05, 0.1) is 0 Å². The maximum absolute atomic E-state index is 6.06. The van der Waals surface area contributed by atoms with Gasteiger partial charge >= 0.3 is 179 Å². The van der Waals surface area contributed by atoms with E-state index in [4.69, 9.17) is 4.74 Å². The molecule has 0 radical (unpaired) electrons. The first-order valence-electron chi connectivity index (χ1n) is 10.3. The minimum atomic E-state index is -3.46. The summed E-state index contributed by atoms with van der Waals surface area (Å²) in [6, 6.07) is 32.6. The molecule has 3 aromatic carbocycles. The molecule has 1 unspecified atom stereocenters. The average Bonchev–Trinajstić information content (AvgIpc) is 2.82. The molecule has 0 fully saturated rings. The zero-order valence-corrected chi connectivity index (χ0v) is 19.5. The SMILES string of the molecule is C(#[C][Sn]([c]1ccccc1)([c]1ccccc1)[c]1ccccc1)COC1C=CCCC1. The standard InChI is InChI=1S/C9H11O.3C6H5.Sn/c1-2-8-10-9-6-4-3-5-7-9;3*1-2-4-6-5-3-1;/h4,6,9H,3,5,7-8H2;3*1-5H;. The van der Waals surface area contributed by atoms with Crippen LogP contribution in [0, 0.1) is 9.86 Å². The third kappa shape index (κ3) is 4.66. The van der Waals surface area contributed by atoms with Gasteiger partial charge in [-0.1, -0.05) is 0 Å². The van der Waals surface area contributed by atoms with Crippen molar-refractivity contribution in [2.45, 2.75) is 25.4 Å². The summed E-state index contributed by atoms with van der Waals surface area (Å²) in [5, 5.41) is 0. The zero-order valence-electron chi connectivity index (χ0n) is 16.6. The van der Waals surface area contributed by atoms with Crippen molar-refractivity contribution in [2.75, 3.05) is 6.61 Å². The van der Waals surface area contributed by atoms with Crippen molar-refractivity contribution in [3.8, 4) is 9.86 Å². The van der Waals surface area contributed by atoms with Crippen LogP contribution in [0.2, 0.25) is 0 Å².